The van der Waals surface area contributed by atoms with Gasteiger partial charge in [-0.05, 0) is 24.0 Å². The van der Waals surface area contributed by atoms with E-state index in [4.69, 9.17) is 5.73 Å². The number of hydrogen-bond acceptors (Lipinski definition) is 4. The van der Waals surface area contributed by atoms with Gasteiger partial charge in [0.15, 0.2) is 0 Å². The summed E-state index contributed by atoms with van der Waals surface area (Å²) < 4.78 is 1.82. The number of rotatable bonds is 6. The zero-order valence-corrected chi connectivity index (χ0v) is 11.4. The Kier molecular flexibility index (Phi) is 4.47. The van der Waals surface area contributed by atoms with Gasteiger partial charge in [0, 0.05) is 24.4 Å². The molecule has 1 atom stereocenters. The third-order valence-corrected chi connectivity index (χ3v) is 3.20. The summed E-state index contributed by atoms with van der Waals surface area (Å²) in [5.41, 5.74) is 8.10. The monoisotopic (exact) mass is 274 g/mol. The lowest BCUT2D eigenvalue weighted by Crippen LogP contribution is -2.21. The van der Waals surface area contributed by atoms with E-state index in [1.807, 2.05) is 17.1 Å². The van der Waals surface area contributed by atoms with Crippen LogP contribution in [0.15, 0.2) is 36.7 Å². The maximum Gasteiger partial charge on any atom is 0.269 e. The van der Waals surface area contributed by atoms with Gasteiger partial charge in [-0.25, -0.2) is 0 Å². The van der Waals surface area contributed by atoms with Gasteiger partial charge < -0.3 is 5.73 Å². The molecule has 6 nitrogen and oxygen atoms in total. The normalized spacial score (nSPS) is 12.3. The number of hydrogen-bond donors (Lipinski definition) is 1. The van der Waals surface area contributed by atoms with Crippen LogP contribution in [0.25, 0.3) is 0 Å². The number of aromatic nitrogens is 2. The highest BCUT2D eigenvalue weighted by atomic mass is 16.6. The molecule has 6 heteroatoms. The van der Waals surface area contributed by atoms with Crippen molar-refractivity contribution in [3.63, 3.8) is 0 Å². The first-order chi connectivity index (χ1) is 9.58. The zero-order valence-electron chi connectivity index (χ0n) is 11.4. The first kappa shape index (κ1) is 14.2. The lowest BCUT2D eigenvalue weighted by molar-refractivity contribution is -0.384. The molecule has 2 rings (SSSR count). The average molecular weight is 274 g/mol. The van der Waals surface area contributed by atoms with Crippen molar-refractivity contribution in [2.75, 3.05) is 0 Å². The molecule has 2 N–H and O–H groups in total. The van der Waals surface area contributed by atoms with Gasteiger partial charge in [-0.1, -0.05) is 19.1 Å². The van der Waals surface area contributed by atoms with Crippen molar-refractivity contribution >= 4 is 5.69 Å². The second-order valence-electron chi connectivity index (χ2n) is 4.84. The minimum absolute atomic E-state index is 0.101. The van der Waals surface area contributed by atoms with Crippen LogP contribution in [0.1, 0.15) is 24.5 Å². The molecule has 0 bridgehead atoms. The van der Waals surface area contributed by atoms with E-state index < -0.39 is 4.92 Å². The Labute approximate surface area is 117 Å². The van der Waals surface area contributed by atoms with Crippen LogP contribution in [0, 0.1) is 10.1 Å². The molecule has 0 aliphatic carbocycles. The maximum atomic E-state index is 10.6. The summed E-state index contributed by atoms with van der Waals surface area (Å²) in [5.74, 6) is 0. The first-order valence-electron chi connectivity index (χ1n) is 6.58. The number of nitrogens with two attached hydrogens (primary N) is 1. The van der Waals surface area contributed by atoms with Crippen LogP contribution in [0.4, 0.5) is 5.69 Å². The fraction of sp³-hybridized carbons (Fsp3) is 0.357. The van der Waals surface area contributed by atoms with Crippen molar-refractivity contribution in [3.05, 3.63) is 57.9 Å². The summed E-state index contributed by atoms with van der Waals surface area (Å²) in [6.45, 7) is 2.66. The van der Waals surface area contributed by atoms with E-state index in [9.17, 15) is 10.1 Å². The molecule has 0 aliphatic rings. The third-order valence-electron chi connectivity index (χ3n) is 3.20. The molecule has 1 unspecified atom stereocenters. The molecular weight excluding hydrogens is 256 g/mol. The van der Waals surface area contributed by atoms with Gasteiger partial charge in [0.25, 0.3) is 5.69 Å². The van der Waals surface area contributed by atoms with Gasteiger partial charge in [-0.3, -0.25) is 14.8 Å². The lowest BCUT2D eigenvalue weighted by atomic mass is 10.1. The highest BCUT2D eigenvalue weighted by Gasteiger charge is 2.06. The third kappa shape index (κ3) is 3.64. The summed E-state index contributed by atoms with van der Waals surface area (Å²) in [6.07, 6.45) is 5.54. The highest BCUT2D eigenvalue weighted by molar-refractivity contribution is 5.32. The molecule has 0 fully saturated rings. The predicted octanol–water partition coefficient (Wildman–Crippen LogP) is 2.12. The van der Waals surface area contributed by atoms with Gasteiger partial charge >= 0.3 is 0 Å². The highest BCUT2D eigenvalue weighted by Crippen LogP contribution is 2.13. The van der Waals surface area contributed by atoms with Crippen molar-refractivity contribution in [2.24, 2.45) is 5.73 Å². The van der Waals surface area contributed by atoms with Gasteiger partial charge in [0.1, 0.15) is 0 Å². The molecule has 106 valence electrons. The number of non-ortho nitro benzene ring substituents is 1. The summed E-state index contributed by atoms with van der Waals surface area (Å²) in [4.78, 5) is 10.2. The van der Waals surface area contributed by atoms with Crippen molar-refractivity contribution in [2.45, 2.75) is 32.4 Å². The molecule has 1 aromatic carbocycles. The lowest BCUT2D eigenvalue weighted by Gasteiger charge is -2.05. The Hall–Kier alpha value is -2.21. The molecule has 1 heterocycles. The Morgan fingerprint density at radius 2 is 2.05 bits per heavy atom. The fourth-order valence-corrected chi connectivity index (χ4v) is 1.96. The number of benzene rings is 1. The van der Waals surface area contributed by atoms with Crippen LogP contribution >= 0.6 is 0 Å². The quantitative estimate of drug-likeness (QED) is 0.645. The van der Waals surface area contributed by atoms with Crippen LogP contribution in [0.3, 0.4) is 0 Å². The van der Waals surface area contributed by atoms with Gasteiger partial charge in [-0.2, -0.15) is 5.10 Å². The topological polar surface area (TPSA) is 87.0 Å². The molecule has 0 spiro atoms. The second kappa shape index (κ2) is 6.29. The summed E-state index contributed by atoms with van der Waals surface area (Å²) in [7, 11) is 0. The summed E-state index contributed by atoms with van der Waals surface area (Å²) in [5, 5.41) is 14.9. The minimum Gasteiger partial charge on any atom is -0.327 e. The number of nitrogens with zero attached hydrogens (tertiary/aromatic N) is 3. The largest absolute Gasteiger partial charge is 0.327 e. The predicted molar refractivity (Wildman–Crippen MR) is 76.4 cm³/mol. The number of nitro groups is 1. The molecule has 0 amide bonds. The van der Waals surface area contributed by atoms with Gasteiger partial charge in [0.2, 0.25) is 0 Å². The van der Waals surface area contributed by atoms with E-state index in [1.165, 1.54) is 12.1 Å². The van der Waals surface area contributed by atoms with E-state index in [0.717, 1.165) is 24.0 Å². The second-order valence-corrected chi connectivity index (χ2v) is 4.84. The van der Waals surface area contributed by atoms with E-state index in [2.05, 4.69) is 12.0 Å². The van der Waals surface area contributed by atoms with Crippen LogP contribution < -0.4 is 5.73 Å². The molecule has 20 heavy (non-hydrogen) atoms. The SMILES string of the molecule is CCC(N)Cc1cnn(Cc2ccc([N+](=O)[O-])cc2)c1. The first-order valence-corrected chi connectivity index (χ1v) is 6.58. The Bertz CT molecular complexity index is 577. The molecule has 1 aromatic heterocycles. The van der Waals surface area contributed by atoms with Gasteiger partial charge in [0.05, 0.1) is 17.7 Å². The van der Waals surface area contributed by atoms with Crippen LogP contribution in [0.5, 0.6) is 0 Å². The summed E-state index contributed by atoms with van der Waals surface area (Å²) in [6, 6.07) is 6.67. The van der Waals surface area contributed by atoms with Crippen molar-refractivity contribution in [3.8, 4) is 0 Å². The molecular formula is C14H18N4O2. The molecule has 0 saturated carbocycles. The molecule has 0 saturated heterocycles. The Morgan fingerprint density at radius 1 is 1.35 bits per heavy atom. The number of nitro benzene ring substituents is 1. The van der Waals surface area contributed by atoms with Crippen LogP contribution in [0.2, 0.25) is 0 Å². The average Bonchev–Trinajstić information content (AvgIpc) is 2.86. The molecule has 0 radical (unpaired) electrons. The van der Waals surface area contributed by atoms with Crippen molar-refractivity contribution in [1.29, 1.82) is 0 Å². The summed E-state index contributed by atoms with van der Waals surface area (Å²) >= 11 is 0. The molecule has 2 aromatic rings. The van der Waals surface area contributed by atoms with Crippen molar-refractivity contribution in [1.82, 2.24) is 9.78 Å². The van der Waals surface area contributed by atoms with Gasteiger partial charge in [-0.15, -0.1) is 0 Å². The van der Waals surface area contributed by atoms with Crippen molar-refractivity contribution < 1.29 is 4.92 Å². The fourth-order valence-electron chi connectivity index (χ4n) is 1.96. The zero-order chi connectivity index (χ0) is 14.5. The van der Waals surface area contributed by atoms with E-state index >= 15 is 0 Å². The van der Waals surface area contributed by atoms with E-state index in [1.54, 1.807) is 12.1 Å². The standard InChI is InChI=1S/C14H18N4O2/c1-2-13(15)7-12-8-16-17(10-12)9-11-3-5-14(6-4-11)18(19)20/h3-6,8,10,13H,2,7,9,15H2,1H3. The Morgan fingerprint density at radius 3 is 2.65 bits per heavy atom. The van der Waals surface area contributed by atoms with E-state index in [-0.39, 0.29) is 11.7 Å². The maximum absolute atomic E-state index is 10.6. The molecule has 0 aliphatic heterocycles. The van der Waals surface area contributed by atoms with Crippen LogP contribution in [-0.2, 0) is 13.0 Å². The van der Waals surface area contributed by atoms with E-state index in [0.29, 0.717) is 6.54 Å². The van der Waals surface area contributed by atoms with Crippen LogP contribution in [-0.4, -0.2) is 20.7 Å². The Balaban J connectivity index is 2.01. The minimum atomic E-state index is -0.401. The smallest absolute Gasteiger partial charge is 0.269 e.